The van der Waals surface area contributed by atoms with Gasteiger partial charge in [0.1, 0.15) is 6.61 Å². The summed E-state index contributed by atoms with van der Waals surface area (Å²) in [6, 6.07) is 13.8. The van der Waals surface area contributed by atoms with Crippen LogP contribution in [0.1, 0.15) is 11.1 Å². The van der Waals surface area contributed by atoms with Gasteiger partial charge < -0.3 is 4.74 Å². The molecule has 19 heavy (non-hydrogen) atoms. The van der Waals surface area contributed by atoms with Crippen LogP contribution in [0.25, 0.3) is 0 Å². The van der Waals surface area contributed by atoms with Gasteiger partial charge in [-0.2, -0.15) is 0 Å². The van der Waals surface area contributed by atoms with Crippen LogP contribution in [0.5, 0.6) is 5.88 Å². The third-order valence-corrected chi connectivity index (χ3v) is 3.26. The minimum absolute atomic E-state index is 0.116. The highest BCUT2D eigenvalue weighted by Crippen LogP contribution is 2.19. The summed E-state index contributed by atoms with van der Waals surface area (Å²) < 4.78 is 5.60. The predicted molar refractivity (Wildman–Crippen MR) is 73.1 cm³/mol. The lowest BCUT2D eigenvalue weighted by atomic mass is 10.2. The van der Waals surface area contributed by atoms with Gasteiger partial charge in [-0.25, -0.2) is 0 Å². The van der Waals surface area contributed by atoms with Crippen LogP contribution in [0.15, 0.2) is 47.3 Å². The first-order valence-electron chi connectivity index (χ1n) is 6.42. The van der Waals surface area contributed by atoms with E-state index in [1.54, 1.807) is 6.07 Å². The smallest absolute Gasteiger partial charge is 0.250 e. The average molecular weight is 256 g/mol. The fraction of sp³-hybridized carbons (Fsp3) is 0.267. The standard InChI is InChI=1S/C15H16N2O2/c18-14-7-6-13-11-17(8-9-19-15(13)16-14)10-12-4-2-1-3-5-12/h1-7H,8-11H2,(H,16,18). The largest absolute Gasteiger partial charge is 0.477 e. The van der Waals surface area contributed by atoms with Crippen molar-refractivity contribution in [1.82, 2.24) is 9.88 Å². The van der Waals surface area contributed by atoms with E-state index in [1.807, 2.05) is 12.1 Å². The SMILES string of the molecule is O=c1ccc2c([nH]1)OCCN(Cc1ccccc1)C2. The van der Waals surface area contributed by atoms with Crippen molar-refractivity contribution in [2.24, 2.45) is 0 Å². The topological polar surface area (TPSA) is 45.3 Å². The number of hydrogen-bond acceptors (Lipinski definition) is 3. The van der Waals surface area contributed by atoms with Crippen LogP contribution < -0.4 is 10.3 Å². The van der Waals surface area contributed by atoms with Gasteiger partial charge in [-0.3, -0.25) is 14.7 Å². The fourth-order valence-electron chi connectivity index (χ4n) is 2.31. The highest BCUT2D eigenvalue weighted by molar-refractivity contribution is 5.26. The summed E-state index contributed by atoms with van der Waals surface area (Å²) in [7, 11) is 0. The van der Waals surface area contributed by atoms with E-state index in [9.17, 15) is 4.79 Å². The quantitative estimate of drug-likeness (QED) is 0.890. The molecule has 4 heteroatoms. The highest BCUT2D eigenvalue weighted by Gasteiger charge is 2.15. The van der Waals surface area contributed by atoms with Gasteiger partial charge in [-0.15, -0.1) is 0 Å². The van der Waals surface area contributed by atoms with Crippen molar-refractivity contribution in [3.8, 4) is 5.88 Å². The van der Waals surface area contributed by atoms with Crippen molar-refractivity contribution in [3.63, 3.8) is 0 Å². The van der Waals surface area contributed by atoms with E-state index in [0.29, 0.717) is 12.5 Å². The number of rotatable bonds is 2. The number of pyridine rings is 1. The highest BCUT2D eigenvalue weighted by atomic mass is 16.5. The Kier molecular flexibility index (Phi) is 3.33. The van der Waals surface area contributed by atoms with Gasteiger partial charge in [-0.1, -0.05) is 30.3 Å². The Morgan fingerprint density at radius 2 is 2.00 bits per heavy atom. The van der Waals surface area contributed by atoms with E-state index in [4.69, 9.17) is 4.74 Å². The number of H-pyrrole nitrogens is 1. The molecule has 0 bridgehead atoms. The van der Waals surface area contributed by atoms with Crippen LogP contribution >= 0.6 is 0 Å². The first-order chi connectivity index (χ1) is 9.31. The predicted octanol–water partition coefficient (Wildman–Crippen LogP) is 1.77. The van der Waals surface area contributed by atoms with Crippen LogP contribution in [0, 0.1) is 0 Å². The third-order valence-electron chi connectivity index (χ3n) is 3.26. The van der Waals surface area contributed by atoms with Crippen molar-refractivity contribution >= 4 is 0 Å². The fourth-order valence-corrected chi connectivity index (χ4v) is 2.31. The number of aromatic amines is 1. The molecule has 2 aromatic rings. The van der Waals surface area contributed by atoms with Gasteiger partial charge >= 0.3 is 0 Å². The van der Waals surface area contributed by atoms with E-state index in [2.05, 4.69) is 34.1 Å². The third kappa shape index (κ3) is 2.85. The minimum Gasteiger partial charge on any atom is -0.477 e. The van der Waals surface area contributed by atoms with Gasteiger partial charge in [0.25, 0.3) is 5.56 Å². The molecule has 0 amide bonds. The number of nitrogens with one attached hydrogen (secondary N) is 1. The number of ether oxygens (including phenoxy) is 1. The lowest BCUT2D eigenvalue weighted by Crippen LogP contribution is -2.25. The first-order valence-corrected chi connectivity index (χ1v) is 6.42. The van der Waals surface area contributed by atoms with E-state index in [1.165, 1.54) is 5.56 Å². The average Bonchev–Trinajstić information content (AvgIpc) is 2.61. The summed E-state index contributed by atoms with van der Waals surface area (Å²) in [5, 5.41) is 0. The zero-order valence-electron chi connectivity index (χ0n) is 10.6. The van der Waals surface area contributed by atoms with Crippen molar-refractivity contribution in [1.29, 1.82) is 0 Å². The molecule has 3 rings (SSSR count). The molecule has 98 valence electrons. The maximum atomic E-state index is 11.3. The normalized spacial score (nSPS) is 15.4. The summed E-state index contributed by atoms with van der Waals surface area (Å²) in [6.45, 7) is 3.13. The number of hydrogen-bond donors (Lipinski definition) is 1. The summed E-state index contributed by atoms with van der Waals surface area (Å²) >= 11 is 0. The molecule has 0 atom stereocenters. The lowest BCUT2D eigenvalue weighted by molar-refractivity contribution is 0.217. The maximum absolute atomic E-state index is 11.3. The summed E-state index contributed by atoms with van der Waals surface area (Å²) in [5.74, 6) is 0.614. The Morgan fingerprint density at radius 3 is 2.84 bits per heavy atom. The number of nitrogens with zero attached hydrogens (tertiary/aromatic N) is 1. The van der Waals surface area contributed by atoms with Crippen LogP contribution in [0.4, 0.5) is 0 Å². The molecule has 1 aromatic carbocycles. The Labute approximate surface area is 111 Å². The summed E-state index contributed by atoms with van der Waals surface area (Å²) in [4.78, 5) is 16.3. The Balaban J connectivity index is 1.79. The van der Waals surface area contributed by atoms with Crippen LogP contribution in [-0.4, -0.2) is 23.0 Å². The van der Waals surface area contributed by atoms with Crippen LogP contribution in [-0.2, 0) is 13.1 Å². The molecule has 1 N–H and O–H groups in total. The molecule has 4 nitrogen and oxygen atoms in total. The molecule has 1 aliphatic heterocycles. The maximum Gasteiger partial charge on any atom is 0.250 e. The van der Waals surface area contributed by atoms with Gasteiger partial charge in [0.05, 0.1) is 0 Å². The molecule has 2 heterocycles. The molecule has 1 aromatic heterocycles. The molecular formula is C15H16N2O2. The first kappa shape index (κ1) is 12.0. The second kappa shape index (κ2) is 5.28. The molecule has 0 saturated carbocycles. The minimum atomic E-state index is -0.116. The van der Waals surface area contributed by atoms with E-state index >= 15 is 0 Å². The van der Waals surface area contributed by atoms with Crippen LogP contribution in [0.3, 0.4) is 0 Å². The number of benzene rings is 1. The van der Waals surface area contributed by atoms with Crippen molar-refractivity contribution in [3.05, 3.63) is 63.9 Å². The van der Waals surface area contributed by atoms with Crippen molar-refractivity contribution < 1.29 is 4.74 Å². The Bertz CT molecular complexity index is 607. The second-order valence-corrected chi connectivity index (χ2v) is 4.72. The molecule has 0 aliphatic carbocycles. The Hall–Kier alpha value is -2.07. The molecule has 0 fully saturated rings. The van der Waals surface area contributed by atoms with E-state index in [-0.39, 0.29) is 5.56 Å². The molecule has 0 saturated heterocycles. The second-order valence-electron chi connectivity index (χ2n) is 4.72. The van der Waals surface area contributed by atoms with E-state index < -0.39 is 0 Å². The number of fused-ring (bicyclic) bond motifs is 1. The zero-order valence-corrected chi connectivity index (χ0v) is 10.6. The van der Waals surface area contributed by atoms with Gasteiger partial charge in [0.2, 0.25) is 0 Å². The van der Waals surface area contributed by atoms with E-state index in [0.717, 1.165) is 25.2 Å². The van der Waals surface area contributed by atoms with Gasteiger partial charge in [-0.05, 0) is 11.6 Å². The molecule has 0 unspecified atom stereocenters. The van der Waals surface area contributed by atoms with Crippen molar-refractivity contribution in [2.45, 2.75) is 13.1 Å². The lowest BCUT2D eigenvalue weighted by Gasteiger charge is -2.19. The Morgan fingerprint density at radius 1 is 1.16 bits per heavy atom. The van der Waals surface area contributed by atoms with Gasteiger partial charge in [0, 0.05) is 31.3 Å². The zero-order chi connectivity index (χ0) is 13.1. The van der Waals surface area contributed by atoms with Crippen LogP contribution in [0.2, 0.25) is 0 Å². The monoisotopic (exact) mass is 256 g/mol. The molecule has 1 aliphatic rings. The molecule has 0 spiro atoms. The molecular weight excluding hydrogens is 240 g/mol. The summed E-state index contributed by atoms with van der Waals surface area (Å²) in [6.07, 6.45) is 0. The van der Waals surface area contributed by atoms with Gasteiger partial charge in [0.15, 0.2) is 5.88 Å². The molecule has 0 radical (unpaired) electrons. The number of aromatic nitrogens is 1. The summed E-state index contributed by atoms with van der Waals surface area (Å²) in [5.41, 5.74) is 2.21. The van der Waals surface area contributed by atoms with Crippen molar-refractivity contribution in [2.75, 3.05) is 13.2 Å².